The Morgan fingerprint density at radius 2 is 2.00 bits per heavy atom. The molecule has 1 saturated carbocycles. The minimum Gasteiger partial charge on any atom is -0.492 e. The van der Waals surface area contributed by atoms with Crippen LogP contribution >= 0.6 is 0 Å². The monoisotopic (exact) mass is 248 g/mol. The van der Waals surface area contributed by atoms with E-state index in [4.69, 9.17) is 10.5 Å². The molecule has 0 bridgehead atoms. The molecule has 1 aromatic rings. The number of hydrogen-bond acceptors (Lipinski definition) is 3. The highest BCUT2D eigenvalue weighted by atomic mass is 16.5. The lowest BCUT2D eigenvalue weighted by atomic mass is 10.1. The third-order valence-corrected chi connectivity index (χ3v) is 3.63. The van der Waals surface area contributed by atoms with Gasteiger partial charge in [0.2, 0.25) is 0 Å². The Kier molecular flexibility index (Phi) is 4.61. The SMILES string of the molecule is CC[C@H](N)c1ccc(OCCN(C)C2CC2)cc1. The molecule has 0 unspecified atom stereocenters. The van der Waals surface area contributed by atoms with E-state index in [2.05, 4.69) is 31.0 Å². The third-order valence-electron chi connectivity index (χ3n) is 3.63. The van der Waals surface area contributed by atoms with E-state index in [1.165, 1.54) is 18.4 Å². The van der Waals surface area contributed by atoms with Gasteiger partial charge in [-0.05, 0) is 44.0 Å². The summed E-state index contributed by atoms with van der Waals surface area (Å²) in [6, 6.07) is 9.10. The van der Waals surface area contributed by atoms with Crippen LogP contribution in [0.1, 0.15) is 37.8 Å². The van der Waals surface area contributed by atoms with E-state index in [0.29, 0.717) is 0 Å². The highest BCUT2D eigenvalue weighted by Crippen LogP contribution is 2.25. The molecule has 2 N–H and O–H groups in total. The fourth-order valence-corrected chi connectivity index (χ4v) is 2.05. The third kappa shape index (κ3) is 3.72. The summed E-state index contributed by atoms with van der Waals surface area (Å²) in [5.74, 6) is 0.936. The Bertz CT molecular complexity index is 359. The molecule has 1 aromatic carbocycles. The zero-order valence-corrected chi connectivity index (χ0v) is 11.4. The van der Waals surface area contributed by atoms with Crippen molar-refractivity contribution >= 4 is 0 Å². The van der Waals surface area contributed by atoms with Crippen LogP contribution in [0.2, 0.25) is 0 Å². The van der Waals surface area contributed by atoms with Crippen molar-refractivity contribution in [1.29, 1.82) is 0 Å². The number of likely N-dealkylation sites (N-methyl/N-ethyl adjacent to an activating group) is 1. The molecule has 0 amide bonds. The molecule has 100 valence electrons. The van der Waals surface area contributed by atoms with Gasteiger partial charge in [-0.1, -0.05) is 19.1 Å². The smallest absolute Gasteiger partial charge is 0.119 e. The van der Waals surface area contributed by atoms with Crippen molar-refractivity contribution in [2.75, 3.05) is 20.2 Å². The molecule has 0 spiro atoms. The molecule has 0 saturated heterocycles. The van der Waals surface area contributed by atoms with Crippen LogP contribution in [0, 0.1) is 0 Å². The molecule has 0 aliphatic heterocycles. The van der Waals surface area contributed by atoms with Gasteiger partial charge in [-0.15, -0.1) is 0 Å². The van der Waals surface area contributed by atoms with Crippen LogP contribution in [0.25, 0.3) is 0 Å². The van der Waals surface area contributed by atoms with Gasteiger partial charge in [0.1, 0.15) is 12.4 Å². The molecule has 0 radical (unpaired) electrons. The van der Waals surface area contributed by atoms with E-state index in [0.717, 1.165) is 31.4 Å². The Hall–Kier alpha value is -1.06. The summed E-state index contributed by atoms with van der Waals surface area (Å²) < 4.78 is 5.74. The first-order valence-electron chi connectivity index (χ1n) is 6.89. The largest absolute Gasteiger partial charge is 0.492 e. The normalized spacial score (nSPS) is 16.9. The number of ether oxygens (including phenoxy) is 1. The number of nitrogens with zero attached hydrogens (tertiary/aromatic N) is 1. The molecule has 0 heterocycles. The molecule has 2 rings (SSSR count). The predicted octanol–water partition coefficient (Wildman–Crippen LogP) is 2.57. The Labute approximate surface area is 110 Å². The van der Waals surface area contributed by atoms with Gasteiger partial charge in [0, 0.05) is 18.6 Å². The van der Waals surface area contributed by atoms with Crippen molar-refractivity contribution in [2.24, 2.45) is 5.73 Å². The minimum absolute atomic E-state index is 0.139. The maximum Gasteiger partial charge on any atom is 0.119 e. The van der Waals surface area contributed by atoms with Gasteiger partial charge in [0.25, 0.3) is 0 Å². The van der Waals surface area contributed by atoms with Crippen LogP contribution < -0.4 is 10.5 Å². The van der Waals surface area contributed by atoms with Crippen molar-refractivity contribution in [1.82, 2.24) is 4.90 Å². The predicted molar refractivity (Wildman–Crippen MR) is 74.8 cm³/mol. The van der Waals surface area contributed by atoms with Crippen molar-refractivity contribution in [2.45, 2.75) is 38.3 Å². The maximum atomic E-state index is 5.98. The molecule has 3 heteroatoms. The van der Waals surface area contributed by atoms with Crippen LogP contribution in [0.4, 0.5) is 0 Å². The minimum atomic E-state index is 0.139. The summed E-state index contributed by atoms with van der Waals surface area (Å²) >= 11 is 0. The number of nitrogens with two attached hydrogens (primary N) is 1. The first-order valence-corrected chi connectivity index (χ1v) is 6.89. The lowest BCUT2D eigenvalue weighted by Crippen LogP contribution is -2.26. The van der Waals surface area contributed by atoms with Gasteiger partial charge in [0.15, 0.2) is 0 Å². The molecule has 1 aliphatic rings. The van der Waals surface area contributed by atoms with E-state index < -0.39 is 0 Å². The van der Waals surface area contributed by atoms with Gasteiger partial charge < -0.3 is 15.4 Å². The van der Waals surface area contributed by atoms with E-state index in [1.54, 1.807) is 0 Å². The van der Waals surface area contributed by atoms with Crippen molar-refractivity contribution in [3.8, 4) is 5.75 Å². The standard InChI is InChI=1S/C15H24N2O/c1-3-15(16)12-4-8-14(9-5-12)18-11-10-17(2)13-6-7-13/h4-5,8-9,13,15H,3,6-7,10-11,16H2,1-2H3/t15-/m0/s1. The highest BCUT2D eigenvalue weighted by molar-refractivity contribution is 5.28. The fraction of sp³-hybridized carbons (Fsp3) is 0.600. The molecule has 0 aromatic heterocycles. The lowest BCUT2D eigenvalue weighted by Gasteiger charge is -2.16. The zero-order chi connectivity index (χ0) is 13.0. The summed E-state index contributed by atoms with van der Waals surface area (Å²) in [5, 5.41) is 0. The van der Waals surface area contributed by atoms with Crippen molar-refractivity contribution in [3.05, 3.63) is 29.8 Å². The van der Waals surface area contributed by atoms with E-state index in [1.807, 2.05) is 12.1 Å². The summed E-state index contributed by atoms with van der Waals surface area (Å²) in [6.07, 6.45) is 3.66. The van der Waals surface area contributed by atoms with Crippen LogP contribution in [-0.4, -0.2) is 31.1 Å². The molecule has 1 aliphatic carbocycles. The van der Waals surface area contributed by atoms with E-state index in [-0.39, 0.29) is 6.04 Å². The second-order valence-corrected chi connectivity index (χ2v) is 5.14. The fourth-order valence-electron chi connectivity index (χ4n) is 2.05. The zero-order valence-electron chi connectivity index (χ0n) is 11.4. The number of rotatable bonds is 7. The average Bonchev–Trinajstić information content (AvgIpc) is 3.23. The maximum absolute atomic E-state index is 5.98. The number of benzene rings is 1. The van der Waals surface area contributed by atoms with Crippen LogP contribution in [0.15, 0.2) is 24.3 Å². The van der Waals surface area contributed by atoms with Gasteiger partial charge >= 0.3 is 0 Å². The molecule has 3 nitrogen and oxygen atoms in total. The summed E-state index contributed by atoms with van der Waals surface area (Å²) in [7, 11) is 2.17. The first kappa shape index (κ1) is 13.4. The molecular weight excluding hydrogens is 224 g/mol. The summed E-state index contributed by atoms with van der Waals surface area (Å²) in [6.45, 7) is 3.86. The topological polar surface area (TPSA) is 38.5 Å². The Balaban J connectivity index is 1.75. The van der Waals surface area contributed by atoms with E-state index in [9.17, 15) is 0 Å². The van der Waals surface area contributed by atoms with Crippen LogP contribution in [0.3, 0.4) is 0 Å². The second-order valence-electron chi connectivity index (χ2n) is 5.14. The quantitative estimate of drug-likeness (QED) is 0.806. The second kappa shape index (κ2) is 6.21. The molecule has 1 fully saturated rings. The highest BCUT2D eigenvalue weighted by Gasteiger charge is 2.25. The van der Waals surface area contributed by atoms with Gasteiger partial charge in [-0.2, -0.15) is 0 Å². The average molecular weight is 248 g/mol. The van der Waals surface area contributed by atoms with Gasteiger partial charge in [0.05, 0.1) is 0 Å². The van der Waals surface area contributed by atoms with Crippen LogP contribution in [-0.2, 0) is 0 Å². The molecular formula is C15H24N2O. The summed E-state index contributed by atoms with van der Waals surface area (Å²) in [4.78, 5) is 2.38. The van der Waals surface area contributed by atoms with Gasteiger partial charge in [-0.3, -0.25) is 0 Å². The Morgan fingerprint density at radius 1 is 1.33 bits per heavy atom. The first-order chi connectivity index (χ1) is 8.70. The van der Waals surface area contributed by atoms with Crippen molar-refractivity contribution < 1.29 is 4.74 Å². The molecule has 18 heavy (non-hydrogen) atoms. The van der Waals surface area contributed by atoms with E-state index >= 15 is 0 Å². The van der Waals surface area contributed by atoms with Crippen LogP contribution in [0.5, 0.6) is 5.75 Å². The van der Waals surface area contributed by atoms with Crippen molar-refractivity contribution in [3.63, 3.8) is 0 Å². The summed E-state index contributed by atoms with van der Waals surface area (Å²) in [5.41, 5.74) is 7.16. The molecule has 1 atom stereocenters. The van der Waals surface area contributed by atoms with Gasteiger partial charge in [-0.25, -0.2) is 0 Å². The number of hydrogen-bond donors (Lipinski definition) is 1. The Morgan fingerprint density at radius 3 is 2.56 bits per heavy atom. The lowest BCUT2D eigenvalue weighted by molar-refractivity contribution is 0.232.